The van der Waals surface area contributed by atoms with Crippen molar-refractivity contribution >= 4 is 11.6 Å². The molecule has 0 bridgehead atoms. The Morgan fingerprint density at radius 3 is 2.44 bits per heavy atom. The second-order valence-corrected chi connectivity index (χ2v) is 7.76. The van der Waals surface area contributed by atoms with Gasteiger partial charge < -0.3 is 15.4 Å². The van der Waals surface area contributed by atoms with Crippen molar-refractivity contribution in [3.63, 3.8) is 0 Å². The summed E-state index contributed by atoms with van der Waals surface area (Å²) in [5.74, 6) is -0.959. The van der Waals surface area contributed by atoms with Crippen LogP contribution in [0.5, 0.6) is 5.75 Å². The fraction of sp³-hybridized carbons (Fsp3) is 0.381. The summed E-state index contributed by atoms with van der Waals surface area (Å²) in [6, 6.07) is 7.29. The molecule has 2 N–H and O–H groups in total. The zero-order chi connectivity index (χ0) is 19.8. The number of halogens is 2. The maximum atomic E-state index is 14.4. The predicted octanol–water partition coefficient (Wildman–Crippen LogP) is 4.10. The Morgan fingerprint density at radius 1 is 1.19 bits per heavy atom. The Balaban J connectivity index is 1.85. The molecule has 2 aromatic rings. The molecule has 0 spiro atoms. The van der Waals surface area contributed by atoms with Gasteiger partial charge in [0.2, 0.25) is 5.91 Å². The van der Waals surface area contributed by atoms with Gasteiger partial charge in [0, 0.05) is 17.8 Å². The van der Waals surface area contributed by atoms with E-state index in [9.17, 15) is 13.6 Å². The van der Waals surface area contributed by atoms with Gasteiger partial charge in [-0.2, -0.15) is 0 Å². The standard InChI is InChI=1S/C21H24F2N2O2/c1-21(2,3)18-16(22)10-13(11-17(18)23)25-20(26)19-15-6-5-14(27-4)9-12(15)7-8-24-19/h5-6,9-11,19,24H,7-8H2,1-4H3,(H,25,26). The molecule has 1 atom stereocenters. The molecule has 4 nitrogen and oxygen atoms in total. The Morgan fingerprint density at radius 2 is 1.85 bits per heavy atom. The van der Waals surface area contributed by atoms with Crippen LogP contribution in [0.3, 0.4) is 0 Å². The molecule has 2 aromatic carbocycles. The van der Waals surface area contributed by atoms with E-state index in [1.54, 1.807) is 33.9 Å². The molecule has 144 valence electrons. The number of amides is 1. The Hall–Kier alpha value is -2.47. The molecule has 1 unspecified atom stereocenters. The monoisotopic (exact) mass is 374 g/mol. The third-order valence-electron chi connectivity index (χ3n) is 4.73. The molecular weight excluding hydrogens is 350 g/mol. The average Bonchev–Trinajstić information content (AvgIpc) is 2.58. The van der Waals surface area contributed by atoms with Gasteiger partial charge in [-0.25, -0.2) is 8.78 Å². The van der Waals surface area contributed by atoms with Crippen LogP contribution in [0.15, 0.2) is 30.3 Å². The predicted molar refractivity (Wildman–Crippen MR) is 101 cm³/mol. The number of anilines is 1. The van der Waals surface area contributed by atoms with E-state index in [-0.39, 0.29) is 17.2 Å². The van der Waals surface area contributed by atoms with Gasteiger partial charge in [-0.1, -0.05) is 26.8 Å². The third kappa shape index (κ3) is 3.95. The minimum Gasteiger partial charge on any atom is -0.497 e. The number of nitrogens with one attached hydrogen (secondary N) is 2. The molecule has 27 heavy (non-hydrogen) atoms. The van der Waals surface area contributed by atoms with E-state index in [0.29, 0.717) is 6.54 Å². The van der Waals surface area contributed by atoms with Crippen LogP contribution in [0.4, 0.5) is 14.5 Å². The first-order chi connectivity index (χ1) is 12.7. The number of benzene rings is 2. The number of ether oxygens (including phenoxy) is 1. The van der Waals surface area contributed by atoms with E-state index in [0.717, 1.165) is 23.3 Å². The number of rotatable bonds is 3. The van der Waals surface area contributed by atoms with Gasteiger partial charge in [0.25, 0.3) is 0 Å². The van der Waals surface area contributed by atoms with E-state index < -0.39 is 23.1 Å². The second kappa shape index (κ2) is 7.27. The summed E-state index contributed by atoms with van der Waals surface area (Å²) in [6.45, 7) is 5.85. The van der Waals surface area contributed by atoms with Crippen LogP contribution >= 0.6 is 0 Å². The minimum absolute atomic E-state index is 0.00808. The van der Waals surface area contributed by atoms with Crippen molar-refractivity contribution in [2.75, 3.05) is 19.0 Å². The zero-order valence-electron chi connectivity index (χ0n) is 16.0. The van der Waals surface area contributed by atoms with Gasteiger partial charge >= 0.3 is 0 Å². The SMILES string of the molecule is COc1ccc2c(c1)CCNC2C(=O)Nc1cc(F)c(C(C)(C)C)c(F)c1. The lowest BCUT2D eigenvalue weighted by Gasteiger charge is -2.27. The second-order valence-electron chi connectivity index (χ2n) is 7.76. The summed E-state index contributed by atoms with van der Waals surface area (Å²) in [5, 5.41) is 5.79. The van der Waals surface area contributed by atoms with E-state index in [1.807, 2.05) is 12.1 Å². The van der Waals surface area contributed by atoms with Gasteiger partial charge in [-0.3, -0.25) is 4.79 Å². The van der Waals surface area contributed by atoms with Crippen molar-refractivity contribution in [3.8, 4) is 5.75 Å². The minimum atomic E-state index is -0.667. The highest BCUT2D eigenvalue weighted by Crippen LogP contribution is 2.31. The van der Waals surface area contributed by atoms with Crippen molar-refractivity contribution in [1.29, 1.82) is 0 Å². The summed E-state index contributed by atoms with van der Waals surface area (Å²) < 4.78 is 34.0. The lowest BCUT2D eigenvalue weighted by Crippen LogP contribution is -2.38. The number of carbonyl (C=O) groups is 1. The molecule has 1 aliphatic rings. The van der Waals surface area contributed by atoms with Crippen molar-refractivity contribution in [3.05, 3.63) is 58.7 Å². The van der Waals surface area contributed by atoms with E-state index in [2.05, 4.69) is 10.6 Å². The van der Waals surface area contributed by atoms with Gasteiger partial charge in [-0.05, 0) is 47.2 Å². The quantitative estimate of drug-likeness (QED) is 0.851. The Bertz CT molecular complexity index is 852. The molecule has 3 rings (SSSR count). The maximum Gasteiger partial charge on any atom is 0.246 e. The Kier molecular flexibility index (Phi) is 5.20. The molecule has 1 amide bonds. The summed E-state index contributed by atoms with van der Waals surface area (Å²) in [4.78, 5) is 12.7. The molecule has 1 aliphatic heterocycles. The highest BCUT2D eigenvalue weighted by molar-refractivity contribution is 5.96. The largest absolute Gasteiger partial charge is 0.497 e. The number of carbonyl (C=O) groups excluding carboxylic acids is 1. The highest BCUT2D eigenvalue weighted by atomic mass is 19.1. The van der Waals surface area contributed by atoms with Gasteiger partial charge in [-0.15, -0.1) is 0 Å². The first-order valence-corrected chi connectivity index (χ1v) is 8.91. The smallest absolute Gasteiger partial charge is 0.246 e. The molecule has 6 heteroatoms. The molecule has 0 aromatic heterocycles. The Labute approximate surface area is 157 Å². The van der Waals surface area contributed by atoms with Crippen molar-refractivity contribution in [2.24, 2.45) is 0 Å². The van der Waals surface area contributed by atoms with Crippen LogP contribution < -0.4 is 15.4 Å². The highest BCUT2D eigenvalue weighted by Gasteiger charge is 2.28. The van der Waals surface area contributed by atoms with Crippen LogP contribution in [-0.4, -0.2) is 19.6 Å². The third-order valence-corrected chi connectivity index (χ3v) is 4.73. The molecule has 1 heterocycles. The van der Waals surface area contributed by atoms with E-state index >= 15 is 0 Å². The fourth-order valence-electron chi connectivity index (χ4n) is 3.48. The molecule has 0 fully saturated rings. The van der Waals surface area contributed by atoms with Crippen LogP contribution in [0.25, 0.3) is 0 Å². The first-order valence-electron chi connectivity index (χ1n) is 8.91. The summed E-state index contributed by atoms with van der Waals surface area (Å²) in [7, 11) is 1.59. The first kappa shape index (κ1) is 19.3. The fourth-order valence-corrected chi connectivity index (χ4v) is 3.48. The van der Waals surface area contributed by atoms with Crippen LogP contribution in [0.1, 0.15) is 43.5 Å². The number of fused-ring (bicyclic) bond motifs is 1. The van der Waals surface area contributed by atoms with E-state index in [4.69, 9.17) is 4.74 Å². The maximum absolute atomic E-state index is 14.4. The number of methoxy groups -OCH3 is 1. The van der Waals surface area contributed by atoms with Crippen molar-refractivity contribution in [1.82, 2.24) is 5.32 Å². The van der Waals surface area contributed by atoms with Crippen molar-refractivity contribution in [2.45, 2.75) is 38.6 Å². The molecule has 0 saturated carbocycles. The van der Waals surface area contributed by atoms with Crippen LogP contribution in [-0.2, 0) is 16.6 Å². The van der Waals surface area contributed by atoms with Crippen molar-refractivity contribution < 1.29 is 18.3 Å². The van der Waals surface area contributed by atoms with Crippen LogP contribution in [0, 0.1) is 11.6 Å². The van der Waals surface area contributed by atoms with Gasteiger partial charge in [0.15, 0.2) is 0 Å². The summed E-state index contributed by atoms with van der Waals surface area (Å²) in [5.41, 5.74) is 1.30. The normalized spacial score (nSPS) is 16.6. The summed E-state index contributed by atoms with van der Waals surface area (Å²) in [6.07, 6.45) is 0.778. The van der Waals surface area contributed by atoms with Gasteiger partial charge in [0.1, 0.15) is 23.4 Å². The zero-order valence-corrected chi connectivity index (χ0v) is 16.0. The summed E-state index contributed by atoms with van der Waals surface area (Å²) >= 11 is 0. The lowest BCUT2D eigenvalue weighted by atomic mass is 9.86. The molecule has 0 radical (unpaired) electrons. The molecular formula is C21H24F2N2O2. The topological polar surface area (TPSA) is 50.4 Å². The van der Waals surface area contributed by atoms with Crippen LogP contribution in [0.2, 0.25) is 0 Å². The molecule has 0 aliphatic carbocycles. The average molecular weight is 374 g/mol. The van der Waals surface area contributed by atoms with Gasteiger partial charge in [0.05, 0.1) is 7.11 Å². The molecule has 0 saturated heterocycles. The number of hydrogen-bond donors (Lipinski definition) is 2. The number of hydrogen-bond acceptors (Lipinski definition) is 3. The van der Waals surface area contributed by atoms with E-state index in [1.165, 1.54) is 12.1 Å². The lowest BCUT2D eigenvalue weighted by molar-refractivity contribution is -0.118.